The molecule has 0 saturated heterocycles. The van der Waals surface area contributed by atoms with Crippen LogP contribution in [0.15, 0.2) is 22.7 Å². The van der Waals surface area contributed by atoms with Crippen LogP contribution in [0.3, 0.4) is 0 Å². The van der Waals surface area contributed by atoms with Gasteiger partial charge < -0.3 is 10.4 Å². The van der Waals surface area contributed by atoms with E-state index in [4.69, 9.17) is 5.11 Å². The highest BCUT2D eigenvalue weighted by Gasteiger charge is 2.08. The number of nitrogens with one attached hydrogen (secondary N) is 1. The maximum atomic E-state index is 13.5. The van der Waals surface area contributed by atoms with Crippen molar-refractivity contribution in [1.82, 2.24) is 5.32 Å². The van der Waals surface area contributed by atoms with Gasteiger partial charge in [-0.05, 0) is 24.8 Å². The number of rotatable bonds is 7. The molecule has 1 rings (SSSR count). The number of thioether (sulfide) groups is 1. The molecule has 0 aliphatic carbocycles. The Labute approximate surface area is 114 Å². The second-order valence-electron chi connectivity index (χ2n) is 3.78. The third kappa shape index (κ3) is 5.38. The van der Waals surface area contributed by atoms with Crippen molar-refractivity contribution in [2.24, 2.45) is 0 Å². The molecule has 0 heterocycles. The van der Waals surface area contributed by atoms with Gasteiger partial charge in [-0.3, -0.25) is 0 Å². The van der Waals surface area contributed by atoms with Gasteiger partial charge in [0.1, 0.15) is 5.82 Å². The Kier molecular flexibility index (Phi) is 7.11. The summed E-state index contributed by atoms with van der Waals surface area (Å²) in [7, 11) is 0. The average molecular weight is 322 g/mol. The lowest BCUT2D eigenvalue weighted by Crippen LogP contribution is -2.32. The van der Waals surface area contributed by atoms with E-state index in [1.807, 2.05) is 12.3 Å². The molecule has 1 aromatic rings. The summed E-state index contributed by atoms with van der Waals surface area (Å²) >= 11 is 4.95. The molecule has 1 unspecified atom stereocenters. The second kappa shape index (κ2) is 8.08. The number of aliphatic hydroxyl groups excluding tert-OH is 1. The molecule has 0 aliphatic rings. The summed E-state index contributed by atoms with van der Waals surface area (Å²) in [6.07, 6.45) is 2.71. The van der Waals surface area contributed by atoms with Gasteiger partial charge in [0.25, 0.3) is 0 Å². The molecular formula is C12H17BrFNOS. The number of benzene rings is 1. The largest absolute Gasteiger partial charge is 0.396 e. The zero-order valence-electron chi connectivity index (χ0n) is 9.75. The predicted molar refractivity (Wildman–Crippen MR) is 74.8 cm³/mol. The van der Waals surface area contributed by atoms with Crippen LogP contribution in [0.5, 0.6) is 0 Å². The first-order chi connectivity index (χ1) is 8.17. The Bertz CT molecular complexity index is 345. The molecule has 5 heteroatoms. The zero-order valence-corrected chi connectivity index (χ0v) is 12.2. The van der Waals surface area contributed by atoms with E-state index in [1.54, 1.807) is 17.8 Å². The quantitative estimate of drug-likeness (QED) is 0.810. The number of hydrogen-bond donors (Lipinski definition) is 2. The molecule has 96 valence electrons. The highest BCUT2D eigenvalue weighted by molar-refractivity contribution is 9.10. The first kappa shape index (κ1) is 15.0. The van der Waals surface area contributed by atoms with Crippen molar-refractivity contribution in [2.45, 2.75) is 19.0 Å². The van der Waals surface area contributed by atoms with Crippen LogP contribution in [0, 0.1) is 5.82 Å². The smallest absolute Gasteiger partial charge is 0.128 e. The third-order valence-corrected chi connectivity index (χ3v) is 3.67. The molecule has 2 N–H and O–H groups in total. The maximum Gasteiger partial charge on any atom is 0.128 e. The molecule has 1 aromatic carbocycles. The molecule has 17 heavy (non-hydrogen) atoms. The first-order valence-electron chi connectivity index (χ1n) is 5.44. The first-order valence-corrected chi connectivity index (χ1v) is 7.63. The van der Waals surface area contributed by atoms with Crippen molar-refractivity contribution in [2.75, 3.05) is 18.6 Å². The summed E-state index contributed by atoms with van der Waals surface area (Å²) in [5.74, 6) is 0.706. The van der Waals surface area contributed by atoms with Gasteiger partial charge in [-0.2, -0.15) is 11.8 Å². The van der Waals surface area contributed by atoms with Gasteiger partial charge >= 0.3 is 0 Å². The topological polar surface area (TPSA) is 32.3 Å². The minimum absolute atomic E-state index is 0.154. The number of hydrogen-bond acceptors (Lipinski definition) is 3. The van der Waals surface area contributed by atoms with E-state index in [0.717, 1.165) is 10.2 Å². The highest BCUT2D eigenvalue weighted by Crippen LogP contribution is 2.15. The number of aliphatic hydroxyl groups is 1. The minimum atomic E-state index is -0.209. The van der Waals surface area contributed by atoms with Crippen molar-refractivity contribution < 1.29 is 9.50 Å². The molecule has 2 nitrogen and oxygen atoms in total. The van der Waals surface area contributed by atoms with Gasteiger partial charge in [0.2, 0.25) is 0 Å². The van der Waals surface area contributed by atoms with E-state index >= 15 is 0 Å². The van der Waals surface area contributed by atoms with Crippen LogP contribution >= 0.6 is 27.7 Å². The summed E-state index contributed by atoms with van der Waals surface area (Å²) in [5.41, 5.74) is 0.650. The standard InChI is InChI=1S/C12H17BrFNOS/c1-17-8-11(4-5-16)15-7-9-2-3-10(13)6-12(9)14/h2-3,6,11,15-16H,4-5,7-8H2,1H3. The Morgan fingerprint density at radius 3 is 2.88 bits per heavy atom. The van der Waals surface area contributed by atoms with Crippen LogP contribution < -0.4 is 5.32 Å². The van der Waals surface area contributed by atoms with Gasteiger partial charge in [0, 0.05) is 35.0 Å². The Morgan fingerprint density at radius 1 is 1.53 bits per heavy atom. The van der Waals surface area contributed by atoms with Gasteiger partial charge in [-0.25, -0.2) is 4.39 Å². The van der Waals surface area contributed by atoms with E-state index < -0.39 is 0 Å². The van der Waals surface area contributed by atoms with Crippen molar-refractivity contribution in [3.8, 4) is 0 Å². The molecule has 0 spiro atoms. The van der Waals surface area contributed by atoms with E-state index in [2.05, 4.69) is 21.2 Å². The van der Waals surface area contributed by atoms with Gasteiger partial charge in [-0.15, -0.1) is 0 Å². The summed E-state index contributed by atoms with van der Waals surface area (Å²) in [4.78, 5) is 0. The molecule has 0 radical (unpaired) electrons. The molecular weight excluding hydrogens is 305 g/mol. The van der Waals surface area contributed by atoms with Crippen molar-refractivity contribution in [3.63, 3.8) is 0 Å². The van der Waals surface area contributed by atoms with Crippen molar-refractivity contribution in [3.05, 3.63) is 34.1 Å². The monoisotopic (exact) mass is 321 g/mol. The van der Waals surface area contributed by atoms with Crippen LogP contribution in [0.2, 0.25) is 0 Å². The van der Waals surface area contributed by atoms with Crippen molar-refractivity contribution in [1.29, 1.82) is 0 Å². The lowest BCUT2D eigenvalue weighted by atomic mass is 10.2. The van der Waals surface area contributed by atoms with Crippen LogP contribution in [-0.4, -0.2) is 29.8 Å². The van der Waals surface area contributed by atoms with Crippen LogP contribution in [0.1, 0.15) is 12.0 Å². The van der Waals surface area contributed by atoms with Crippen LogP contribution in [0.4, 0.5) is 4.39 Å². The second-order valence-corrected chi connectivity index (χ2v) is 5.61. The predicted octanol–water partition coefficient (Wildman–Crippen LogP) is 2.79. The summed E-state index contributed by atoms with van der Waals surface area (Å²) in [6.45, 7) is 0.644. The van der Waals surface area contributed by atoms with E-state index in [-0.39, 0.29) is 18.5 Å². The lowest BCUT2D eigenvalue weighted by molar-refractivity contribution is 0.269. The van der Waals surface area contributed by atoms with E-state index in [9.17, 15) is 4.39 Å². The van der Waals surface area contributed by atoms with Crippen LogP contribution in [0.25, 0.3) is 0 Å². The van der Waals surface area contributed by atoms with Gasteiger partial charge in [0.15, 0.2) is 0 Å². The van der Waals surface area contributed by atoms with Gasteiger partial charge in [-0.1, -0.05) is 22.0 Å². The molecule has 0 bridgehead atoms. The fraction of sp³-hybridized carbons (Fsp3) is 0.500. The Morgan fingerprint density at radius 2 is 2.29 bits per heavy atom. The van der Waals surface area contributed by atoms with Gasteiger partial charge in [0.05, 0.1) is 0 Å². The summed E-state index contributed by atoms with van der Waals surface area (Å²) in [6, 6.07) is 5.28. The van der Waals surface area contributed by atoms with E-state index in [1.165, 1.54) is 6.07 Å². The summed E-state index contributed by atoms with van der Waals surface area (Å²) < 4.78 is 14.3. The summed E-state index contributed by atoms with van der Waals surface area (Å²) in [5, 5.41) is 12.2. The lowest BCUT2D eigenvalue weighted by Gasteiger charge is -2.16. The Hall–Kier alpha value is -0.100. The fourth-order valence-corrected chi connectivity index (χ4v) is 2.54. The third-order valence-electron chi connectivity index (χ3n) is 2.44. The molecule has 0 amide bonds. The van der Waals surface area contributed by atoms with E-state index in [0.29, 0.717) is 18.5 Å². The normalized spacial score (nSPS) is 12.7. The number of halogens is 2. The SMILES string of the molecule is CSCC(CCO)NCc1ccc(Br)cc1F. The average Bonchev–Trinajstić information content (AvgIpc) is 2.28. The maximum absolute atomic E-state index is 13.5. The molecule has 0 aromatic heterocycles. The van der Waals surface area contributed by atoms with Crippen molar-refractivity contribution >= 4 is 27.7 Å². The minimum Gasteiger partial charge on any atom is -0.396 e. The fourth-order valence-electron chi connectivity index (χ4n) is 1.52. The molecule has 1 atom stereocenters. The molecule has 0 aliphatic heterocycles. The molecule has 0 saturated carbocycles. The highest BCUT2D eigenvalue weighted by atomic mass is 79.9. The van der Waals surface area contributed by atoms with Crippen LogP contribution in [-0.2, 0) is 6.54 Å². The molecule has 0 fully saturated rings. The zero-order chi connectivity index (χ0) is 12.7. The Balaban J connectivity index is 2.52.